The average Bonchev–Trinajstić information content (AvgIpc) is 3.31. The minimum absolute atomic E-state index is 0.559. The summed E-state index contributed by atoms with van der Waals surface area (Å²) in [5.41, 5.74) is 2.16. The van der Waals surface area contributed by atoms with Crippen LogP contribution in [0.2, 0.25) is 0 Å². The number of nitrogens with zero attached hydrogens (tertiary/aromatic N) is 2. The van der Waals surface area contributed by atoms with E-state index >= 15 is 0 Å². The molecule has 3 rings (SSSR count). The predicted molar refractivity (Wildman–Crippen MR) is 88.6 cm³/mol. The smallest absolute Gasteiger partial charge is 0.225 e. The highest BCUT2D eigenvalue weighted by Crippen LogP contribution is 2.23. The second kappa shape index (κ2) is 6.64. The minimum atomic E-state index is 0.559. The van der Waals surface area contributed by atoms with Gasteiger partial charge in [-0.1, -0.05) is 18.2 Å². The molecule has 0 radical (unpaired) electrons. The third kappa shape index (κ3) is 3.87. The van der Waals surface area contributed by atoms with E-state index in [1.54, 1.807) is 7.11 Å². The van der Waals surface area contributed by atoms with E-state index in [0.717, 1.165) is 36.2 Å². The van der Waals surface area contributed by atoms with Crippen LogP contribution in [-0.2, 0) is 6.42 Å². The van der Waals surface area contributed by atoms with Crippen molar-refractivity contribution in [2.24, 2.45) is 0 Å². The molecule has 0 amide bonds. The summed E-state index contributed by atoms with van der Waals surface area (Å²) in [7, 11) is 1.70. The monoisotopic (exact) mass is 298 g/mol. The highest BCUT2D eigenvalue weighted by atomic mass is 16.5. The molecule has 1 fully saturated rings. The minimum Gasteiger partial charge on any atom is -0.496 e. The van der Waals surface area contributed by atoms with E-state index in [-0.39, 0.29) is 0 Å². The molecule has 22 heavy (non-hydrogen) atoms. The maximum Gasteiger partial charge on any atom is 0.225 e. The first-order valence-corrected chi connectivity index (χ1v) is 7.72. The zero-order chi connectivity index (χ0) is 15.4. The maximum absolute atomic E-state index is 5.37. The first kappa shape index (κ1) is 14.6. The van der Waals surface area contributed by atoms with Crippen molar-refractivity contribution in [1.29, 1.82) is 0 Å². The molecule has 0 saturated heterocycles. The molecule has 0 atom stereocenters. The van der Waals surface area contributed by atoms with Crippen molar-refractivity contribution in [1.82, 2.24) is 9.97 Å². The van der Waals surface area contributed by atoms with E-state index in [9.17, 15) is 0 Å². The van der Waals surface area contributed by atoms with Crippen LogP contribution in [0.5, 0.6) is 5.75 Å². The summed E-state index contributed by atoms with van der Waals surface area (Å²) < 4.78 is 5.37. The van der Waals surface area contributed by atoms with Gasteiger partial charge in [0.15, 0.2) is 0 Å². The Morgan fingerprint density at radius 1 is 1.23 bits per heavy atom. The maximum atomic E-state index is 5.37. The van der Waals surface area contributed by atoms with Crippen molar-refractivity contribution in [3.8, 4) is 5.75 Å². The molecule has 1 saturated carbocycles. The molecule has 1 aliphatic carbocycles. The van der Waals surface area contributed by atoms with Gasteiger partial charge in [0, 0.05) is 24.3 Å². The van der Waals surface area contributed by atoms with Gasteiger partial charge in [0.2, 0.25) is 5.95 Å². The lowest BCUT2D eigenvalue weighted by Gasteiger charge is -2.11. The standard InChI is InChI=1S/C17H22N4O/c1-12-11-16(21-17(19-12)20-14-7-8-14)18-10-9-13-5-3-4-6-15(13)22-2/h3-6,11,14H,7-10H2,1-2H3,(H2,18,19,20,21). The fourth-order valence-electron chi connectivity index (χ4n) is 2.37. The fraction of sp³-hybridized carbons (Fsp3) is 0.412. The van der Waals surface area contributed by atoms with Crippen molar-refractivity contribution < 1.29 is 4.74 Å². The van der Waals surface area contributed by atoms with E-state index in [1.807, 2.05) is 31.2 Å². The van der Waals surface area contributed by atoms with E-state index in [0.29, 0.717) is 6.04 Å². The van der Waals surface area contributed by atoms with Gasteiger partial charge in [0.25, 0.3) is 0 Å². The summed E-state index contributed by atoms with van der Waals surface area (Å²) in [5, 5.41) is 6.71. The van der Waals surface area contributed by atoms with Crippen molar-refractivity contribution in [3.63, 3.8) is 0 Å². The SMILES string of the molecule is COc1ccccc1CCNc1cc(C)nc(NC2CC2)n1. The molecule has 0 spiro atoms. The number of aryl methyl sites for hydroxylation is 1. The normalized spacial score (nSPS) is 13.7. The first-order chi connectivity index (χ1) is 10.7. The number of ether oxygens (including phenoxy) is 1. The number of hydrogen-bond acceptors (Lipinski definition) is 5. The molecule has 0 bridgehead atoms. The largest absolute Gasteiger partial charge is 0.496 e. The molecule has 1 aromatic carbocycles. The van der Waals surface area contributed by atoms with Crippen LogP contribution < -0.4 is 15.4 Å². The Kier molecular flexibility index (Phi) is 4.42. The molecule has 5 heteroatoms. The van der Waals surface area contributed by atoms with Gasteiger partial charge >= 0.3 is 0 Å². The van der Waals surface area contributed by atoms with E-state index in [1.165, 1.54) is 18.4 Å². The summed E-state index contributed by atoms with van der Waals surface area (Å²) in [6.07, 6.45) is 3.32. The second-order valence-corrected chi connectivity index (χ2v) is 5.63. The van der Waals surface area contributed by atoms with Crippen LogP contribution in [0, 0.1) is 6.92 Å². The van der Waals surface area contributed by atoms with E-state index in [2.05, 4.69) is 26.7 Å². The molecule has 116 valence electrons. The molecule has 2 N–H and O–H groups in total. The van der Waals surface area contributed by atoms with Crippen LogP contribution in [0.1, 0.15) is 24.1 Å². The first-order valence-electron chi connectivity index (χ1n) is 7.72. The molecule has 1 aromatic heterocycles. The summed E-state index contributed by atoms with van der Waals surface area (Å²) in [6.45, 7) is 2.80. The number of nitrogens with one attached hydrogen (secondary N) is 2. The number of methoxy groups -OCH3 is 1. The van der Waals surface area contributed by atoms with Crippen molar-refractivity contribution >= 4 is 11.8 Å². The van der Waals surface area contributed by atoms with Crippen LogP contribution in [0.4, 0.5) is 11.8 Å². The van der Waals surface area contributed by atoms with Gasteiger partial charge in [0.05, 0.1) is 7.11 Å². The highest BCUT2D eigenvalue weighted by Gasteiger charge is 2.22. The molecule has 2 aromatic rings. The lowest BCUT2D eigenvalue weighted by atomic mass is 10.1. The Balaban J connectivity index is 1.59. The van der Waals surface area contributed by atoms with Gasteiger partial charge < -0.3 is 15.4 Å². The lowest BCUT2D eigenvalue weighted by molar-refractivity contribution is 0.410. The zero-order valence-corrected chi connectivity index (χ0v) is 13.1. The van der Waals surface area contributed by atoms with Crippen LogP contribution in [0.15, 0.2) is 30.3 Å². The Labute approximate surface area is 131 Å². The third-order valence-electron chi connectivity index (χ3n) is 3.66. The molecule has 0 aliphatic heterocycles. The Morgan fingerprint density at radius 2 is 2.05 bits per heavy atom. The van der Waals surface area contributed by atoms with Crippen molar-refractivity contribution in [3.05, 3.63) is 41.6 Å². The quantitative estimate of drug-likeness (QED) is 0.823. The average molecular weight is 298 g/mol. The van der Waals surface area contributed by atoms with Crippen molar-refractivity contribution in [2.45, 2.75) is 32.2 Å². The molecule has 1 aliphatic rings. The zero-order valence-electron chi connectivity index (χ0n) is 13.1. The summed E-state index contributed by atoms with van der Waals surface area (Å²) in [5.74, 6) is 2.52. The highest BCUT2D eigenvalue weighted by molar-refractivity contribution is 5.43. The summed E-state index contributed by atoms with van der Waals surface area (Å²) in [6, 6.07) is 10.6. The molecular weight excluding hydrogens is 276 g/mol. The number of hydrogen-bond donors (Lipinski definition) is 2. The number of rotatable bonds is 7. The Hall–Kier alpha value is -2.30. The van der Waals surface area contributed by atoms with E-state index in [4.69, 9.17) is 4.74 Å². The van der Waals surface area contributed by atoms with Gasteiger partial charge in [-0.05, 0) is 37.8 Å². The van der Waals surface area contributed by atoms with Gasteiger partial charge in [-0.3, -0.25) is 0 Å². The number of para-hydroxylation sites is 1. The Morgan fingerprint density at radius 3 is 2.82 bits per heavy atom. The molecular formula is C17H22N4O. The van der Waals surface area contributed by atoms with E-state index < -0.39 is 0 Å². The van der Waals surface area contributed by atoms with Crippen LogP contribution in [0.3, 0.4) is 0 Å². The van der Waals surface area contributed by atoms with Gasteiger partial charge in [-0.15, -0.1) is 0 Å². The fourth-order valence-corrected chi connectivity index (χ4v) is 2.37. The van der Waals surface area contributed by atoms with Gasteiger partial charge in [-0.25, -0.2) is 4.98 Å². The molecule has 0 unspecified atom stereocenters. The van der Waals surface area contributed by atoms with Crippen molar-refractivity contribution in [2.75, 3.05) is 24.3 Å². The second-order valence-electron chi connectivity index (χ2n) is 5.63. The third-order valence-corrected chi connectivity index (χ3v) is 3.66. The Bertz CT molecular complexity index is 640. The topological polar surface area (TPSA) is 59.1 Å². The summed E-state index contributed by atoms with van der Waals surface area (Å²) >= 11 is 0. The predicted octanol–water partition coefficient (Wildman–Crippen LogP) is 3.02. The van der Waals surface area contributed by atoms with Crippen LogP contribution >= 0.6 is 0 Å². The summed E-state index contributed by atoms with van der Waals surface area (Å²) in [4.78, 5) is 8.95. The van der Waals surface area contributed by atoms with Gasteiger partial charge in [0.1, 0.15) is 11.6 Å². The van der Waals surface area contributed by atoms with Crippen LogP contribution in [0.25, 0.3) is 0 Å². The lowest BCUT2D eigenvalue weighted by Crippen LogP contribution is -2.11. The number of aromatic nitrogens is 2. The number of benzene rings is 1. The molecule has 1 heterocycles. The van der Waals surface area contributed by atoms with Gasteiger partial charge in [-0.2, -0.15) is 4.98 Å². The van der Waals surface area contributed by atoms with Crippen LogP contribution in [-0.4, -0.2) is 29.7 Å². The number of anilines is 2. The molecule has 5 nitrogen and oxygen atoms in total.